The monoisotopic (exact) mass is 300 g/mol. The average molecular weight is 300 g/mol. The Labute approximate surface area is 132 Å². The van der Waals surface area contributed by atoms with E-state index < -0.39 is 5.60 Å². The van der Waals surface area contributed by atoms with Gasteiger partial charge in [0, 0.05) is 0 Å². The van der Waals surface area contributed by atoms with Crippen molar-refractivity contribution < 1.29 is 14.6 Å². The Kier molecular flexibility index (Phi) is 5.09. The van der Waals surface area contributed by atoms with Gasteiger partial charge < -0.3 is 14.6 Å². The largest absolute Gasteiger partial charge is 0.496 e. The Morgan fingerprint density at radius 2 is 1.64 bits per heavy atom. The second-order valence-electron chi connectivity index (χ2n) is 5.55. The third kappa shape index (κ3) is 2.81. The molecule has 2 rings (SSSR count). The van der Waals surface area contributed by atoms with E-state index in [1.807, 2.05) is 69.3 Å². The van der Waals surface area contributed by atoms with Crippen LogP contribution in [0.2, 0.25) is 0 Å². The van der Waals surface area contributed by atoms with Crippen LogP contribution in [0.1, 0.15) is 31.9 Å². The second kappa shape index (κ2) is 6.84. The molecule has 22 heavy (non-hydrogen) atoms. The van der Waals surface area contributed by atoms with Gasteiger partial charge in [0.25, 0.3) is 0 Å². The summed E-state index contributed by atoms with van der Waals surface area (Å²) in [5, 5.41) is 11.6. The average Bonchev–Trinajstić information content (AvgIpc) is 2.54. The molecule has 3 nitrogen and oxygen atoms in total. The van der Waals surface area contributed by atoms with Crippen LogP contribution in [-0.2, 0) is 5.60 Å². The summed E-state index contributed by atoms with van der Waals surface area (Å²) in [6.45, 7) is 6.45. The lowest BCUT2D eigenvalue weighted by molar-refractivity contribution is 0.0266. The van der Waals surface area contributed by atoms with Crippen LogP contribution in [0, 0.1) is 5.92 Å². The maximum absolute atomic E-state index is 11.6. The molecule has 0 radical (unpaired) electrons. The van der Waals surface area contributed by atoms with Gasteiger partial charge in [0.15, 0.2) is 0 Å². The van der Waals surface area contributed by atoms with Crippen molar-refractivity contribution >= 4 is 0 Å². The number of rotatable bonds is 6. The third-order valence-electron chi connectivity index (χ3n) is 3.94. The lowest BCUT2D eigenvalue weighted by Crippen LogP contribution is -2.34. The normalized spacial score (nSPS) is 13.7. The zero-order valence-corrected chi connectivity index (χ0v) is 13.7. The van der Waals surface area contributed by atoms with E-state index in [9.17, 15) is 5.11 Å². The number of methoxy groups -OCH3 is 1. The Hall–Kier alpha value is -2.00. The summed E-state index contributed by atoms with van der Waals surface area (Å²) in [7, 11) is 1.61. The molecule has 0 heterocycles. The molecule has 0 aliphatic carbocycles. The Morgan fingerprint density at radius 3 is 2.18 bits per heavy atom. The van der Waals surface area contributed by atoms with Gasteiger partial charge in [0.2, 0.25) is 0 Å². The minimum atomic E-state index is -1.18. The third-order valence-corrected chi connectivity index (χ3v) is 3.94. The molecular weight excluding hydrogens is 276 g/mol. The van der Waals surface area contributed by atoms with Crippen molar-refractivity contribution in [3.63, 3.8) is 0 Å². The first kappa shape index (κ1) is 16.4. The van der Waals surface area contributed by atoms with E-state index in [1.54, 1.807) is 7.11 Å². The molecule has 0 aromatic heterocycles. The highest BCUT2D eigenvalue weighted by molar-refractivity contribution is 5.53. The number of hydrogen-bond acceptors (Lipinski definition) is 3. The van der Waals surface area contributed by atoms with E-state index >= 15 is 0 Å². The van der Waals surface area contributed by atoms with Crippen LogP contribution in [0.5, 0.6) is 11.5 Å². The van der Waals surface area contributed by atoms with Crippen molar-refractivity contribution in [2.24, 2.45) is 5.92 Å². The lowest BCUT2D eigenvalue weighted by Gasteiger charge is -2.35. The first-order chi connectivity index (χ1) is 10.6. The summed E-state index contributed by atoms with van der Waals surface area (Å²) < 4.78 is 11.3. The second-order valence-corrected chi connectivity index (χ2v) is 5.55. The minimum absolute atomic E-state index is 0.0505. The van der Waals surface area contributed by atoms with Crippen molar-refractivity contribution in [1.82, 2.24) is 0 Å². The molecule has 1 atom stereocenters. The van der Waals surface area contributed by atoms with Gasteiger partial charge >= 0.3 is 0 Å². The van der Waals surface area contributed by atoms with Crippen LogP contribution in [-0.4, -0.2) is 18.8 Å². The predicted molar refractivity (Wildman–Crippen MR) is 88.4 cm³/mol. The minimum Gasteiger partial charge on any atom is -0.496 e. The van der Waals surface area contributed by atoms with Crippen LogP contribution >= 0.6 is 0 Å². The Bertz CT molecular complexity index is 607. The molecule has 2 aromatic rings. The Morgan fingerprint density at radius 1 is 1.00 bits per heavy atom. The molecule has 0 aliphatic rings. The number of hydrogen-bond donors (Lipinski definition) is 1. The molecule has 0 saturated carbocycles. The van der Waals surface area contributed by atoms with Gasteiger partial charge in [-0.15, -0.1) is 0 Å². The molecule has 0 aliphatic heterocycles. The van der Waals surface area contributed by atoms with Crippen molar-refractivity contribution in [3.05, 3.63) is 59.7 Å². The molecule has 3 heteroatoms. The van der Waals surface area contributed by atoms with Gasteiger partial charge in [-0.1, -0.05) is 50.2 Å². The number of aliphatic hydroxyl groups is 1. The van der Waals surface area contributed by atoms with Crippen molar-refractivity contribution in [2.75, 3.05) is 13.7 Å². The van der Waals surface area contributed by atoms with E-state index in [4.69, 9.17) is 9.47 Å². The predicted octanol–water partition coefficient (Wildman–Crippen LogP) is 3.99. The molecule has 1 N–H and O–H groups in total. The van der Waals surface area contributed by atoms with E-state index in [0.29, 0.717) is 23.7 Å². The van der Waals surface area contributed by atoms with Gasteiger partial charge in [-0.05, 0) is 30.5 Å². The summed E-state index contributed by atoms with van der Waals surface area (Å²) in [5.74, 6) is 1.23. The smallest absolute Gasteiger partial charge is 0.129 e. The van der Waals surface area contributed by atoms with Gasteiger partial charge in [-0.25, -0.2) is 0 Å². The highest BCUT2D eigenvalue weighted by Gasteiger charge is 2.40. The standard InChI is InChI=1S/C19H24O3/c1-5-22-17-13-9-12-16(21-4)18(17)19(20,14(2)3)15-10-7-6-8-11-15/h6-14,20H,5H2,1-4H3/t19-/m0/s1. The molecular formula is C19H24O3. The zero-order chi connectivity index (χ0) is 16.2. The maximum atomic E-state index is 11.6. The van der Waals surface area contributed by atoms with Crippen LogP contribution in [0.15, 0.2) is 48.5 Å². The maximum Gasteiger partial charge on any atom is 0.129 e. The molecule has 2 aromatic carbocycles. The molecule has 0 bridgehead atoms. The summed E-state index contributed by atoms with van der Waals surface area (Å²) >= 11 is 0. The molecule has 0 amide bonds. The van der Waals surface area contributed by atoms with Crippen LogP contribution in [0.3, 0.4) is 0 Å². The molecule has 0 unspecified atom stereocenters. The summed E-state index contributed by atoms with van der Waals surface area (Å²) in [6.07, 6.45) is 0. The first-order valence-electron chi connectivity index (χ1n) is 7.63. The SMILES string of the molecule is CCOc1cccc(OC)c1[C@@](O)(c1ccccc1)C(C)C. The molecule has 0 fully saturated rings. The zero-order valence-electron chi connectivity index (χ0n) is 13.7. The topological polar surface area (TPSA) is 38.7 Å². The molecule has 0 spiro atoms. The van der Waals surface area contributed by atoms with Crippen molar-refractivity contribution in [1.29, 1.82) is 0 Å². The number of benzene rings is 2. The van der Waals surface area contributed by atoms with E-state index in [2.05, 4.69) is 0 Å². The number of ether oxygens (including phenoxy) is 2. The quantitative estimate of drug-likeness (QED) is 0.877. The van der Waals surface area contributed by atoms with Gasteiger partial charge in [-0.3, -0.25) is 0 Å². The van der Waals surface area contributed by atoms with E-state index in [1.165, 1.54) is 0 Å². The fourth-order valence-corrected chi connectivity index (χ4v) is 2.79. The summed E-state index contributed by atoms with van der Waals surface area (Å²) in [6, 6.07) is 15.3. The van der Waals surface area contributed by atoms with Crippen LogP contribution < -0.4 is 9.47 Å². The Balaban J connectivity index is 2.73. The first-order valence-corrected chi connectivity index (χ1v) is 7.63. The van der Waals surface area contributed by atoms with Crippen LogP contribution in [0.25, 0.3) is 0 Å². The summed E-state index contributed by atoms with van der Waals surface area (Å²) in [5.41, 5.74) is 0.328. The van der Waals surface area contributed by atoms with Gasteiger partial charge in [0.05, 0.1) is 19.3 Å². The van der Waals surface area contributed by atoms with Crippen molar-refractivity contribution in [2.45, 2.75) is 26.4 Å². The van der Waals surface area contributed by atoms with Crippen molar-refractivity contribution in [3.8, 4) is 11.5 Å². The summed E-state index contributed by atoms with van der Waals surface area (Å²) in [4.78, 5) is 0. The van der Waals surface area contributed by atoms with E-state index in [0.717, 1.165) is 5.56 Å². The van der Waals surface area contributed by atoms with Crippen LogP contribution in [0.4, 0.5) is 0 Å². The highest BCUT2D eigenvalue weighted by atomic mass is 16.5. The molecule has 0 saturated heterocycles. The molecule has 118 valence electrons. The van der Waals surface area contributed by atoms with Gasteiger partial charge in [-0.2, -0.15) is 0 Å². The van der Waals surface area contributed by atoms with E-state index in [-0.39, 0.29) is 5.92 Å². The lowest BCUT2D eigenvalue weighted by atomic mass is 9.77. The fourth-order valence-electron chi connectivity index (χ4n) is 2.79. The highest BCUT2D eigenvalue weighted by Crippen LogP contribution is 2.45. The van der Waals surface area contributed by atoms with Gasteiger partial charge in [0.1, 0.15) is 17.1 Å². The fraction of sp³-hybridized carbons (Fsp3) is 0.368.